The van der Waals surface area contributed by atoms with E-state index in [4.69, 9.17) is 0 Å². The molecule has 0 unspecified atom stereocenters. The van der Waals surface area contributed by atoms with Crippen LogP contribution >= 0.6 is 0 Å². The van der Waals surface area contributed by atoms with Crippen molar-refractivity contribution in [2.45, 2.75) is 32.9 Å². The summed E-state index contributed by atoms with van der Waals surface area (Å²) < 4.78 is 0. The molecule has 1 aliphatic heterocycles. The molecule has 3 aromatic rings. The molecule has 156 valence electrons. The minimum Gasteiger partial charge on any atom is -0.357 e. The summed E-state index contributed by atoms with van der Waals surface area (Å²) in [7, 11) is 0. The lowest BCUT2D eigenvalue weighted by atomic mass is 9.72. The molecule has 1 heterocycles. The van der Waals surface area contributed by atoms with E-state index in [0.717, 1.165) is 23.6 Å². The molecule has 5 rings (SSSR count). The molecule has 31 heavy (non-hydrogen) atoms. The maximum atomic E-state index is 13.6. The lowest BCUT2D eigenvalue weighted by Crippen LogP contribution is -2.41. The highest BCUT2D eigenvalue weighted by Crippen LogP contribution is 2.48. The summed E-state index contributed by atoms with van der Waals surface area (Å²) in [6, 6.07) is 29.3. The normalized spacial score (nSPS) is 21.9. The van der Waals surface area contributed by atoms with Crippen molar-refractivity contribution in [1.82, 2.24) is 0 Å². The molecular formula is C28H28N2O. The van der Waals surface area contributed by atoms with Crippen LogP contribution in [0.5, 0.6) is 0 Å². The van der Waals surface area contributed by atoms with Crippen LogP contribution in [0.1, 0.15) is 37.4 Å². The first-order valence-electron chi connectivity index (χ1n) is 11.0. The number of Topliss-reactive ketones (excluding diaryl/α,β-unsaturated/α-hetero) is 1. The van der Waals surface area contributed by atoms with Crippen molar-refractivity contribution in [2.75, 3.05) is 10.2 Å². The molecule has 1 N–H and O–H groups in total. The fourth-order valence-electron chi connectivity index (χ4n) is 5.06. The Morgan fingerprint density at radius 2 is 1.55 bits per heavy atom. The fraction of sp³-hybridized carbons (Fsp3) is 0.250. The number of hydrogen-bond donors (Lipinski definition) is 1. The van der Waals surface area contributed by atoms with Crippen LogP contribution in [0.25, 0.3) is 0 Å². The Morgan fingerprint density at radius 3 is 2.29 bits per heavy atom. The van der Waals surface area contributed by atoms with E-state index in [1.165, 1.54) is 11.1 Å². The lowest BCUT2D eigenvalue weighted by Gasteiger charge is -2.40. The Hall–Kier alpha value is -3.33. The molecule has 0 saturated heterocycles. The number of nitrogens with one attached hydrogen (secondary N) is 1. The summed E-state index contributed by atoms with van der Waals surface area (Å²) in [5.74, 6) is 0.0706. The molecule has 2 atom stereocenters. The van der Waals surface area contributed by atoms with Gasteiger partial charge in [0.05, 0.1) is 23.3 Å². The third-order valence-electron chi connectivity index (χ3n) is 6.34. The number of para-hydroxylation sites is 2. The molecular weight excluding hydrogens is 380 g/mol. The largest absolute Gasteiger partial charge is 0.357 e. The Labute approximate surface area is 184 Å². The second-order valence-corrected chi connectivity index (χ2v) is 9.32. The lowest BCUT2D eigenvalue weighted by molar-refractivity contribution is -0.124. The Balaban J connectivity index is 1.73. The highest BCUT2D eigenvalue weighted by molar-refractivity contribution is 5.90. The molecule has 3 aromatic carbocycles. The molecule has 0 amide bonds. The summed E-state index contributed by atoms with van der Waals surface area (Å²) in [6.07, 6.45) is 2.83. The number of carbonyl (C=O) groups excluding carboxylic acids is 1. The van der Waals surface area contributed by atoms with Gasteiger partial charge in [0.15, 0.2) is 0 Å². The minimum atomic E-state index is -0.230. The maximum Gasteiger partial charge on any atom is 0.145 e. The number of allylic oxidation sites excluding steroid dienone is 1. The average Bonchev–Trinajstić information content (AvgIpc) is 2.89. The molecule has 3 nitrogen and oxygen atoms in total. The number of rotatable bonds is 3. The van der Waals surface area contributed by atoms with Crippen molar-refractivity contribution in [3.63, 3.8) is 0 Å². The van der Waals surface area contributed by atoms with Crippen molar-refractivity contribution >= 4 is 17.2 Å². The van der Waals surface area contributed by atoms with Gasteiger partial charge < -0.3 is 10.2 Å². The number of hydrogen-bond acceptors (Lipinski definition) is 3. The first-order valence-corrected chi connectivity index (χ1v) is 11.0. The Kier molecular flexibility index (Phi) is 4.90. The van der Waals surface area contributed by atoms with Gasteiger partial charge >= 0.3 is 0 Å². The molecule has 0 bridgehead atoms. The van der Waals surface area contributed by atoms with E-state index in [1.807, 2.05) is 12.1 Å². The van der Waals surface area contributed by atoms with Crippen LogP contribution in [0.2, 0.25) is 0 Å². The molecule has 1 aliphatic carbocycles. The third kappa shape index (κ3) is 3.76. The third-order valence-corrected chi connectivity index (χ3v) is 6.34. The van der Waals surface area contributed by atoms with Gasteiger partial charge in [-0.1, -0.05) is 92.7 Å². The van der Waals surface area contributed by atoms with Gasteiger partial charge in [0.1, 0.15) is 5.78 Å². The monoisotopic (exact) mass is 408 g/mol. The summed E-state index contributed by atoms with van der Waals surface area (Å²) >= 11 is 0. The van der Waals surface area contributed by atoms with Crippen LogP contribution in [0, 0.1) is 11.3 Å². The molecule has 0 saturated carbocycles. The molecule has 0 radical (unpaired) electrons. The minimum absolute atomic E-state index is 0.0765. The summed E-state index contributed by atoms with van der Waals surface area (Å²) in [5.41, 5.74) is 5.45. The van der Waals surface area contributed by atoms with Crippen LogP contribution < -0.4 is 10.2 Å². The SMILES string of the molecule is CC1(C)C=C2Nc3ccccc3N(Cc3ccccc3)[C@@H](c3ccccc3)[C@@H]2C(=O)C1. The summed E-state index contributed by atoms with van der Waals surface area (Å²) in [5, 5.41) is 3.66. The maximum absolute atomic E-state index is 13.6. The molecule has 2 aliphatic rings. The quantitative estimate of drug-likeness (QED) is 0.547. The smallest absolute Gasteiger partial charge is 0.145 e. The zero-order chi connectivity index (χ0) is 21.4. The Morgan fingerprint density at radius 1 is 0.903 bits per heavy atom. The standard InChI is InChI=1S/C28H28N2O/c1-28(2)17-23-26(25(31)18-28)27(21-13-7-4-8-14-21)30(19-20-11-5-3-6-12-20)24-16-10-9-15-22(24)29-23/h3-17,26-27,29H,18-19H2,1-2H3/t26-,27-/m0/s1. The van der Waals surface area contributed by atoms with Crippen molar-refractivity contribution in [3.8, 4) is 0 Å². The van der Waals surface area contributed by atoms with E-state index in [0.29, 0.717) is 12.2 Å². The van der Waals surface area contributed by atoms with Crippen LogP contribution in [-0.4, -0.2) is 5.78 Å². The van der Waals surface area contributed by atoms with Crippen LogP contribution in [-0.2, 0) is 11.3 Å². The van der Waals surface area contributed by atoms with Crippen LogP contribution in [0.3, 0.4) is 0 Å². The first-order chi connectivity index (χ1) is 15.0. The van der Waals surface area contributed by atoms with Gasteiger partial charge in [0.2, 0.25) is 0 Å². The van der Waals surface area contributed by atoms with Gasteiger partial charge in [-0.25, -0.2) is 0 Å². The average molecular weight is 409 g/mol. The molecule has 0 aromatic heterocycles. The first kappa shape index (κ1) is 19.6. The zero-order valence-electron chi connectivity index (χ0n) is 18.1. The number of anilines is 2. The van der Waals surface area contributed by atoms with Crippen molar-refractivity contribution < 1.29 is 4.79 Å². The second-order valence-electron chi connectivity index (χ2n) is 9.32. The van der Waals surface area contributed by atoms with E-state index >= 15 is 0 Å². The van der Waals surface area contributed by atoms with E-state index < -0.39 is 0 Å². The van der Waals surface area contributed by atoms with Crippen molar-refractivity contribution in [1.29, 1.82) is 0 Å². The van der Waals surface area contributed by atoms with Gasteiger partial charge in [0, 0.05) is 18.7 Å². The van der Waals surface area contributed by atoms with Gasteiger partial charge in [0.25, 0.3) is 0 Å². The number of fused-ring (bicyclic) bond motifs is 2. The highest BCUT2D eigenvalue weighted by Gasteiger charge is 2.44. The predicted octanol–water partition coefficient (Wildman–Crippen LogP) is 6.36. The van der Waals surface area contributed by atoms with E-state index in [1.54, 1.807) is 0 Å². The molecule has 0 spiro atoms. The van der Waals surface area contributed by atoms with Gasteiger partial charge in [-0.2, -0.15) is 0 Å². The Bertz CT molecular complexity index is 1120. The number of nitrogens with zero attached hydrogens (tertiary/aromatic N) is 1. The van der Waals surface area contributed by atoms with Crippen LogP contribution in [0.4, 0.5) is 11.4 Å². The predicted molar refractivity (Wildman–Crippen MR) is 127 cm³/mol. The van der Waals surface area contributed by atoms with Gasteiger partial charge in [-0.15, -0.1) is 0 Å². The van der Waals surface area contributed by atoms with E-state index in [-0.39, 0.29) is 17.4 Å². The number of benzene rings is 3. The van der Waals surface area contributed by atoms with Crippen molar-refractivity contribution in [2.24, 2.45) is 11.3 Å². The molecule has 0 fully saturated rings. The second kappa shape index (κ2) is 7.73. The van der Waals surface area contributed by atoms with Gasteiger partial charge in [-0.3, -0.25) is 4.79 Å². The number of carbonyl (C=O) groups is 1. The topological polar surface area (TPSA) is 32.3 Å². The number of ketones is 1. The van der Waals surface area contributed by atoms with E-state index in [9.17, 15) is 4.79 Å². The summed E-state index contributed by atoms with van der Waals surface area (Å²) in [6.45, 7) is 5.03. The van der Waals surface area contributed by atoms with Crippen molar-refractivity contribution in [3.05, 3.63) is 108 Å². The summed E-state index contributed by atoms with van der Waals surface area (Å²) in [4.78, 5) is 16.0. The van der Waals surface area contributed by atoms with Gasteiger partial charge in [-0.05, 0) is 28.7 Å². The molecule has 3 heteroatoms. The zero-order valence-corrected chi connectivity index (χ0v) is 18.1. The highest BCUT2D eigenvalue weighted by atomic mass is 16.1. The van der Waals surface area contributed by atoms with E-state index in [2.05, 4.69) is 103 Å². The fourth-order valence-corrected chi connectivity index (χ4v) is 5.06. The van der Waals surface area contributed by atoms with Crippen LogP contribution in [0.15, 0.2) is 96.7 Å².